The number of hydrogen-bond donors (Lipinski definition) is 1. The van der Waals surface area contributed by atoms with Gasteiger partial charge < -0.3 is 5.32 Å². The fraction of sp³-hybridized carbons (Fsp3) is 0.0909. The van der Waals surface area contributed by atoms with Crippen molar-refractivity contribution in [2.75, 3.05) is 0 Å². The molecule has 1 amide bonds. The van der Waals surface area contributed by atoms with Gasteiger partial charge in [0, 0.05) is 18.0 Å². The van der Waals surface area contributed by atoms with Crippen LogP contribution in [0.5, 0.6) is 0 Å². The maximum Gasteiger partial charge on any atom is 0.274 e. The van der Waals surface area contributed by atoms with E-state index in [4.69, 9.17) is 11.6 Å². The van der Waals surface area contributed by atoms with E-state index in [9.17, 15) is 4.79 Å². The Morgan fingerprint density at radius 2 is 1.79 bits per heavy atom. The molecule has 0 spiro atoms. The van der Waals surface area contributed by atoms with E-state index in [0.717, 1.165) is 11.1 Å². The minimum absolute atomic E-state index is 0.184. The van der Waals surface area contributed by atoms with Gasteiger partial charge in [0.25, 0.3) is 5.91 Å². The predicted octanol–water partition coefficient (Wildman–Crippen LogP) is 4.47. The Bertz CT molecular complexity index is 1130. The molecule has 0 aliphatic heterocycles. The monoisotopic (exact) mass is 403 g/mol. The largest absolute Gasteiger partial charge is 0.344 e. The maximum atomic E-state index is 13.1. The summed E-state index contributed by atoms with van der Waals surface area (Å²) in [4.78, 5) is 17.2. The average molecular weight is 404 g/mol. The Kier molecular flexibility index (Phi) is 5.35. The third-order valence-corrected chi connectivity index (χ3v) is 4.87. The molecule has 0 saturated heterocycles. The first-order valence-electron chi connectivity index (χ1n) is 9.12. The van der Waals surface area contributed by atoms with Crippen LogP contribution in [0.3, 0.4) is 0 Å². The van der Waals surface area contributed by atoms with Crippen molar-refractivity contribution < 1.29 is 4.79 Å². The third-order valence-electron chi connectivity index (χ3n) is 4.55. The molecule has 1 N–H and O–H groups in total. The minimum Gasteiger partial charge on any atom is -0.344 e. The highest BCUT2D eigenvalue weighted by Gasteiger charge is 2.24. The Morgan fingerprint density at radius 1 is 1.03 bits per heavy atom. The van der Waals surface area contributed by atoms with Crippen LogP contribution < -0.4 is 5.32 Å². The van der Waals surface area contributed by atoms with Crippen molar-refractivity contribution in [1.29, 1.82) is 0 Å². The van der Waals surface area contributed by atoms with Gasteiger partial charge in [-0.2, -0.15) is 0 Å². The zero-order valence-electron chi connectivity index (χ0n) is 15.7. The Hall–Kier alpha value is -3.51. The van der Waals surface area contributed by atoms with E-state index in [1.807, 2.05) is 61.5 Å². The van der Waals surface area contributed by atoms with Gasteiger partial charge in [-0.05, 0) is 36.8 Å². The van der Waals surface area contributed by atoms with Gasteiger partial charge in [0.2, 0.25) is 0 Å². The molecular weight excluding hydrogens is 386 g/mol. The highest BCUT2D eigenvalue weighted by molar-refractivity contribution is 6.32. The van der Waals surface area contributed by atoms with Crippen molar-refractivity contribution in [3.05, 3.63) is 95.4 Å². The summed E-state index contributed by atoms with van der Waals surface area (Å²) in [6.07, 6.45) is 3.34. The number of nitrogens with one attached hydrogen (secondary N) is 1. The molecule has 2 aromatic heterocycles. The van der Waals surface area contributed by atoms with Gasteiger partial charge in [-0.3, -0.25) is 9.78 Å². The lowest BCUT2D eigenvalue weighted by Gasteiger charge is -2.14. The number of carbonyl (C=O) groups excluding carboxylic acids is 1. The van der Waals surface area contributed by atoms with Crippen LogP contribution in [0, 0.1) is 0 Å². The lowest BCUT2D eigenvalue weighted by Crippen LogP contribution is -2.27. The number of carbonyl (C=O) groups is 1. The lowest BCUT2D eigenvalue weighted by atomic mass is 10.1. The number of para-hydroxylation sites is 1. The summed E-state index contributed by atoms with van der Waals surface area (Å²) in [5.41, 5.74) is 3.09. The molecule has 0 fully saturated rings. The van der Waals surface area contributed by atoms with Gasteiger partial charge in [0.1, 0.15) is 5.69 Å². The first kappa shape index (κ1) is 18.8. The van der Waals surface area contributed by atoms with E-state index < -0.39 is 0 Å². The number of pyridine rings is 1. The van der Waals surface area contributed by atoms with E-state index >= 15 is 0 Å². The van der Waals surface area contributed by atoms with Gasteiger partial charge in [-0.15, -0.1) is 5.10 Å². The molecule has 0 saturated carbocycles. The SMILES string of the molecule is C[C@H](NC(=O)c1nnn(-c2ccccc2Cl)c1-c1cccnc1)c1ccccc1. The summed E-state index contributed by atoms with van der Waals surface area (Å²) in [6.45, 7) is 1.93. The van der Waals surface area contributed by atoms with Crippen LogP contribution in [-0.2, 0) is 0 Å². The van der Waals surface area contributed by atoms with Crippen molar-refractivity contribution in [1.82, 2.24) is 25.3 Å². The van der Waals surface area contributed by atoms with Crippen LogP contribution in [-0.4, -0.2) is 25.9 Å². The highest BCUT2D eigenvalue weighted by Crippen LogP contribution is 2.28. The van der Waals surface area contributed by atoms with Crippen LogP contribution in [0.1, 0.15) is 29.0 Å². The fourth-order valence-electron chi connectivity index (χ4n) is 3.08. The van der Waals surface area contributed by atoms with Crippen LogP contribution >= 0.6 is 11.6 Å². The molecular formula is C22H18ClN5O. The van der Waals surface area contributed by atoms with Crippen molar-refractivity contribution in [3.63, 3.8) is 0 Å². The Balaban J connectivity index is 1.76. The van der Waals surface area contributed by atoms with Crippen LogP contribution in [0.15, 0.2) is 79.1 Å². The van der Waals surface area contributed by atoms with Gasteiger partial charge in [0.05, 0.1) is 16.8 Å². The summed E-state index contributed by atoms with van der Waals surface area (Å²) in [7, 11) is 0. The fourth-order valence-corrected chi connectivity index (χ4v) is 3.29. The third kappa shape index (κ3) is 3.88. The van der Waals surface area contributed by atoms with Gasteiger partial charge in [-0.25, -0.2) is 4.68 Å². The maximum absolute atomic E-state index is 13.1. The molecule has 4 aromatic rings. The van der Waals surface area contributed by atoms with Crippen LogP contribution in [0.4, 0.5) is 0 Å². The van der Waals surface area contributed by atoms with E-state index in [1.165, 1.54) is 0 Å². The predicted molar refractivity (Wildman–Crippen MR) is 112 cm³/mol. The molecule has 0 aliphatic carbocycles. The molecule has 144 valence electrons. The van der Waals surface area contributed by atoms with Gasteiger partial charge in [-0.1, -0.05) is 59.3 Å². The smallest absolute Gasteiger partial charge is 0.274 e. The molecule has 0 bridgehead atoms. The molecule has 0 aliphatic rings. The Labute approximate surface area is 173 Å². The first-order chi connectivity index (χ1) is 14.1. The van der Waals surface area contributed by atoms with Crippen LogP contribution in [0.2, 0.25) is 5.02 Å². The quantitative estimate of drug-likeness (QED) is 0.533. The molecule has 2 aromatic carbocycles. The Morgan fingerprint density at radius 3 is 2.52 bits per heavy atom. The van der Waals surface area contributed by atoms with Crippen LogP contribution in [0.25, 0.3) is 16.9 Å². The number of hydrogen-bond acceptors (Lipinski definition) is 4. The standard InChI is InChI=1S/C22H18ClN5O/c1-15(16-8-3-2-4-9-16)25-22(29)20-21(17-10-7-13-24-14-17)28(27-26-20)19-12-6-5-11-18(19)23/h2-15H,1H3,(H,25,29)/t15-/m0/s1. The number of halogens is 1. The summed E-state index contributed by atoms with van der Waals surface area (Å²) in [5.74, 6) is -0.321. The topological polar surface area (TPSA) is 72.7 Å². The molecule has 0 radical (unpaired) electrons. The van der Waals surface area contributed by atoms with Crippen molar-refractivity contribution >= 4 is 17.5 Å². The summed E-state index contributed by atoms with van der Waals surface area (Å²) in [5, 5.41) is 11.9. The normalized spacial score (nSPS) is 11.8. The average Bonchev–Trinajstić information content (AvgIpc) is 3.20. The molecule has 1 atom stereocenters. The molecule has 6 nitrogen and oxygen atoms in total. The zero-order valence-corrected chi connectivity index (χ0v) is 16.4. The number of rotatable bonds is 5. The van der Waals surface area contributed by atoms with Gasteiger partial charge in [0.15, 0.2) is 5.69 Å². The van der Waals surface area contributed by atoms with Crippen molar-refractivity contribution in [2.45, 2.75) is 13.0 Å². The highest BCUT2D eigenvalue weighted by atomic mass is 35.5. The van der Waals surface area contributed by atoms with Crippen molar-refractivity contribution in [3.8, 4) is 16.9 Å². The molecule has 0 unspecified atom stereocenters. The molecule has 4 rings (SSSR count). The van der Waals surface area contributed by atoms with E-state index in [1.54, 1.807) is 29.2 Å². The zero-order chi connectivity index (χ0) is 20.2. The second-order valence-electron chi connectivity index (χ2n) is 6.50. The molecule has 2 heterocycles. The minimum atomic E-state index is -0.321. The number of benzene rings is 2. The summed E-state index contributed by atoms with van der Waals surface area (Å²) < 4.78 is 1.57. The number of nitrogens with zero attached hydrogens (tertiary/aromatic N) is 4. The lowest BCUT2D eigenvalue weighted by molar-refractivity contribution is 0.0935. The van der Waals surface area contributed by atoms with Crippen molar-refractivity contribution in [2.24, 2.45) is 0 Å². The number of aromatic nitrogens is 4. The van der Waals surface area contributed by atoms with Gasteiger partial charge >= 0.3 is 0 Å². The molecule has 29 heavy (non-hydrogen) atoms. The van der Waals surface area contributed by atoms with E-state index in [2.05, 4.69) is 20.6 Å². The summed E-state index contributed by atoms with van der Waals surface area (Å²) >= 11 is 6.37. The van der Waals surface area contributed by atoms with E-state index in [-0.39, 0.29) is 17.6 Å². The second-order valence-corrected chi connectivity index (χ2v) is 6.90. The summed E-state index contributed by atoms with van der Waals surface area (Å²) in [6, 6.07) is 20.5. The van der Waals surface area contributed by atoms with E-state index in [0.29, 0.717) is 16.4 Å². The molecule has 7 heteroatoms. The number of amides is 1. The second kappa shape index (κ2) is 8.24. The first-order valence-corrected chi connectivity index (χ1v) is 9.50.